The van der Waals surface area contributed by atoms with E-state index in [0.29, 0.717) is 12.6 Å². The third kappa shape index (κ3) is 3.79. The molecule has 3 nitrogen and oxygen atoms in total. The van der Waals surface area contributed by atoms with Crippen molar-refractivity contribution in [1.82, 2.24) is 4.90 Å². The molecule has 1 heterocycles. The number of rotatable bonds is 4. The summed E-state index contributed by atoms with van der Waals surface area (Å²) in [6, 6.07) is 7.88. The number of ether oxygens (including phenoxy) is 1. The minimum atomic E-state index is -0.415. The van der Waals surface area contributed by atoms with Crippen LogP contribution >= 0.6 is 15.9 Å². The van der Waals surface area contributed by atoms with Crippen LogP contribution in [-0.2, 0) is 4.74 Å². The highest BCUT2D eigenvalue weighted by Gasteiger charge is 2.21. The predicted octanol–water partition coefficient (Wildman–Crippen LogP) is 2.59. The second-order valence-corrected chi connectivity index (χ2v) is 5.72. The molecule has 0 aliphatic carbocycles. The van der Waals surface area contributed by atoms with E-state index in [2.05, 4.69) is 20.8 Å². The van der Waals surface area contributed by atoms with Crippen LogP contribution in [0.3, 0.4) is 0 Å². The Bertz CT molecular complexity index is 378. The highest BCUT2D eigenvalue weighted by atomic mass is 79.9. The van der Waals surface area contributed by atoms with Crippen LogP contribution in [-0.4, -0.2) is 42.9 Å². The fraction of sp³-hybridized carbons (Fsp3) is 0.571. The molecule has 0 bridgehead atoms. The maximum Gasteiger partial charge on any atom is 0.0917 e. The van der Waals surface area contributed by atoms with Crippen molar-refractivity contribution in [3.05, 3.63) is 34.3 Å². The number of halogens is 1. The average molecular weight is 314 g/mol. The van der Waals surface area contributed by atoms with Gasteiger partial charge in [-0.3, -0.25) is 0 Å². The lowest BCUT2D eigenvalue weighted by Gasteiger charge is -2.32. The average Bonchev–Trinajstić information content (AvgIpc) is 2.39. The van der Waals surface area contributed by atoms with E-state index in [-0.39, 0.29) is 0 Å². The molecule has 1 aliphatic rings. The van der Waals surface area contributed by atoms with E-state index in [1.165, 1.54) is 0 Å². The summed E-state index contributed by atoms with van der Waals surface area (Å²) in [4.78, 5) is 2.31. The second kappa shape index (κ2) is 6.66. The van der Waals surface area contributed by atoms with Crippen molar-refractivity contribution in [2.24, 2.45) is 0 Å². The summed E-state index contributed by atoms with van der Waals surface area (Å²) < 4.78 is 6.36. The molecule has 2 rings (SSSR count). The lowest BCUT2D eigenvalue weighted by molar-refractivity contribution is 0.0242. The molecule has 1 aliphatic heterocycles. The van der Waals surface area contributed by atoms with Gasteiger partial charge in [0.05, 0.1) is 12.2 Å². The van der Waals surface area contributed by atoms with Crippen LogP contribution in [0.1, 0.15) is 24.5 Å². The minimum Gasteiger partial charge on any atom is -0.387 e. The molecule has 1 aromatic rings. The Morgan fingerprint density at radius 1 is 1.44 bits per heavy atom. The molecule has 1 fully saturated rings. The van der Waals surface area contributed by atoms with Gasteiger partial charge in [0.1, 0.15) is 0 Å². The molecule has 4 heteroatoms. The zero-order valence-electron chi connectivity index (χ0n) is 10.7. The third-order valence-corrected chi connectivity index (χ3v) is 4.03. The van der Waals surface area contributed by atoms with Gasteiger partial charge in [-0.05, 0) is 30.5 Å². The normalized spacial score (nSPS) is 19.9. The van der Waals surface area contributed by atoms with Gasteiger partial charge < -0.3 is 14.7 Å². The number of hydrogen-bond donors (Lipinski definition) is 1. The lowest BCUT2D eigenvalue weighted by Crippen LogP contribution is -2.38. The van der Waals surface area contributed by atoms with Gasteiger partial charge in [-0.15, -0.1) is 0 Å². The standard InChI is InChI=1S/C14H20BrNO2/c1-18-13-5-7-16(8-6-13)10-14(17)11-3-2-4-12(15)9-11/h2-4,9,13-14,17H,5-8,10H2,1H3. The molecular formula is C14H20BrNO2. The van der Waals surface area contributed by atoms with Gasteiger partial charge >= 0.3 is 0 Å². The van der Waals surface area contributed by atoms with Crippen LogP contribution in [0.15, 0.2) is 28.7 Å². The monoisotopic (exact) mass is 313 g/mol. The highest BCUT2D eigenvalue weighted by Crippen LogP contribution is 2.21. The molecule has 1 saturated heterocycles. The Hall–Kier alpha value is -0.420. The molecular weight excluding hydrogens is 294 g/mol. The Morgan fingerprint density at radius 3 is 2.78 bits per heavy atom. The third-order valence-electron chi connectivity index (χ3n) is 3.53. The van der Waals surface area contributed by atoms with E-state index in [9.17, 15) is 5.11 Å². The zero-order valence-corrected chi connectivity index (χ0v) is 12.3. The fourth-order valence-electron chi connectivity index (χ4n) is 2.39. The molecule has 100 valence electrons. The number of aliphatic hydroxyl groups excluding tert-OH is 1. The van der Waals surface area contributed by atoms with Crippen LogP contribution in [0.4, 0.5) is 0 Å². The Balaban J connectivity index is 1.86. The van der Waals surface area contributed by atoms with Gasteiger partial charge in [0, 0.05) is 31.2 Å². The van der Waals surface area contributed by atoms with Gasteiger partial charge in [-0.1, -0.05) is 28.1 Å². The van der Waals surface area contributed by atoms with Gasteiger partial charge in [0.15, 0.2) is 0 Å². The summed E-state index contributed by atoms with van der Waals surface area (Å²) >= 11 is 3.43. The second-order valence-electron chi connectivity index (χ2n) is 4.81. The van der Waals surface area contributed by atoms with E-state index >= 15 is 0 Å². The van der Waals surface area contributed by atoms with E-state index in [1.807, 2.05) is 24.3 Å². The highest BCUT2D eigenvalue weighted by molar-refractivity contribution is 9.10. The van der Waals surface area contributed by atoms with Crippen molar-refractivity contribution in [1.29, 1.82) is 0 Å². The van der Waals surface area contributed by atoms with Crippen molar-refractivity contribution in [3.8, 4) is 0 Å². The first-order valence-corrected chi connectivity index (χ1v) is 7.17. The van der Waals surface area contributed by atoms with Crippen molar-refractivity contribution in [2.45, 2.75) is 25.0 Å². The quantitative estimate of drug-likeness (QED) is 0.927. The summed E-state index contributed by atoms with van der Waals surface area (Å²) in [5, 5.41) is 10.2. The summed E-state index contributed by atoms with van der Waals surface area (Å²) in [5.41, 5.74) is 0.971. The van der Waals surface area contributed by atoms with Crippen molar-refractivity contribution >= 4 is 15.9 Å². The zero-order chi connectivity index (χ0) is 13.0. The Labute approximate surface area is 117 Å². The predicted molar refractivity (Wildman–Crippen MR) is 75.6 cm³/mol. The van der Waals surface area contributed by atoms with E-state index < -0.39 is 6.10 Å². The summed E-state index contributed by atoms with van der Waals surface area (Å²) in [5.74, 6) is 0. The number of hydrogen-bond acceptors (Lipinski definition) is 3. The molecule has 0 aromatic heterocycles. The molecule has 0 spiro atoms. The van der Waals surface area contributed by atoms with Gasteiger partial charge in [0.25, 0.3) is 0 Å². The summed E-state index contributed by atoms with van der Waals surface area (Å²) in [7, 11) is 1.77. The number of nitrogens with zero attached hydrogens (tertiary/aromatic N) is 1. The largest absolute Gasteiger partial charge is 0.387 e. The van der Waals surface area contributed by atoms with Gasteiger partial charge in [-0.2, -0.15) is 0 Å². The molecule has 1 unspecified atom stereocenters. The van der Waals surface area contributed by atoms with Crippen LogP contribution in [0.5, 0.6) is 0 Å². The van der Waals surface area contributed by atoms with E-state index in [0.717, 1.165) is 36.0 Å². The number of benzene rings is 1. The molecule has 18 heavy (non-hydrogen) atoms. The van der Waals surface area contributed by atoms with Crippen LogP contribution in [0.2, 0.25) is 0 Å². The number of methoxy groups -OCH3 is 1. The minimum absolute atomic E-state index is 0.393. The number of β-amino-alcohol motifs (C(OH)–C–C–N with tert-alkyl or cyclic N) is 1. The first-order chi connectivity index (χ1) is 8.69. The van der Waals surface area contributed by atoms with Crippen LogP contribution in [0.25, 0.3) is 0 Å². The van der Waals surface area contributed by atoms with Gasteiger partial charge in [0.2, 0.25) is 0 Å². The number of aliphatic hydroxyl groups is 1. The number of likely N-dealkylation sites (tertiary alicyclic amines) is 1. The summed E-state index contributed by atoms with van der Waals surface area (Å²) in [6.07, 6.45) is 2.09. The maximum absolute atomic E-state index is 10.2. The van der Waals surface area contributed by atoms with Crippen LogP contribution < -0.4 is 0 Å². The lowest BCUT2D eigenvalue weighted by atomic mass is 10.1. The Kier molecular flexibility index (Phi) is 5.18. The van der Waals surface area contributed by atoms with E-state index in [4.69, 9.17) is 4.74 Å². The topological polar surface area (TPSA) is 32.7 Å². The maximum atomic E-state index is 10.2. The van der Waals surface area contributed by atoms with Crippen molar-refractivity contribution in [3.63, 3.8) is 0 Å². The molecule has 0 radical (unpaired) electrons. The first kappa shape index (κ1) is 14.0. The van der Waals surface area contributed by atoms with Gasteiger partial charge in [-0.25, -0.2) is 0 Å². The van der Waals surface area contributed by atoms with Crippen molar-refractivity contribution < 1.29 is 9.84 Å². The smallest absolute Gasteiger partial charge is 0.0917 e. The number of piperidine rings is 1. The SMILES string of the molecule is COC1CCN(CC(O)c2cccc(Br)c2)CC1. The van der Waals surface area contributed by atoms with Crippen LogP contribution in [0, 0.1) is 0 Å². The van der Waals surface area contributed by atoms with Crippen molar-refractivity contribution in [2.75, 3.05) is 26.7 Å². The molecule has 1 aromatic carbocycles. The molecule has 0 saturated carbocycles. The summed E-state index contributed by atoms with van der Waals surface area (Å²) in [6.45, 7) is 2.71. The molecule has 0 amide bonds. The van der Waals surface area contributed by atoms with E-state index in [1.54, 1.807) is 7.11 Å². The first-order valence-electron chi connectivity index (χ1n) is 6.37. The molecule has 1 N–H and O–H groups in total. The Morgan fingerprint density at radius 2 is 2.17 bits per heavy atom. The fourth-order valence-corrected chi connectivity index (χ4v) is 2.81. The molecule has 1 atom stereocenters.